The summed E-state index contributed by atoms with van der Waals surface area (Å²) in [6.45, 7) is -3.67. The molecular formula is C10H10ClF3O2. The summed E-state index contributed by atoms with van der Waals surface area (Å²) in [5, 5.41) is -0.497. The molecule has 2 nitrogen and oxygen atoms in total. The third kappa shape index (κ3) is 6.42. The van der Waals surface area contributed by atoms with Crippen LogP contribution in [0.15, 0.2) is 30.3 Å². The molecule has 90 valence electrons. The highest BCUT2D eigenvalue weighted by Crippen LogP contribution is 2.18. The van der Waals surface area contributed by atoms with Gasteiger partial charge in [-0.05, 0) is 17.2 Å². The predicted molar refractivity (Wildman–Crippen MR) is 54.2 cm³/mol. The summed E-state index contributed by atoms with van der Waals surface area (Å²) >= 11 is 5.31. The molecule has 16 heavy (non-hydrogen) atoms. The average molecular weight is 255 g/mol. The van der Waals surface area contributed by atoms with Crippen molar-refractivity contribution >= 4 is 16.8 Å². The maximum absolute atomic E-state index is 10.8. The van der Waals surface area contributed by atoms with Gasteiger partial charge >= 0.3 is 6.68 Å². The first kappa shape index (κ1) is 14.9. The first-order chi connectivity index (χ1) is 7.49. The summed E-state index contributed by atoms with van der Waals surface area (Å²) in [6, 6.07) is 9.14. The normalized spacial score (nSPS) is 11.6. The van der Waals surface area contributed by atoms with E-state index in [0.717, 1.165) is 5.56 Å². The Morgan fingerprint density at radius 1 is 1.25 bits per heavy atom. The molecule has 0 bridgehead atoms. The van der Waals surface area contributed by atoms with Crippen LogP contribution in [0.5, 0.6) is 0 Å². The minimum Gasteiger partial charge on any atom is -0.368 e. The van der Waals surface area contributed by atoms with Crippen molar-refractivity contribution in [3.63, 3.8) is 0 Å². The third-order valence-corrected chi connectivity index (χ3v) is 1.74. The summed E-state index contributed by atoms with van der Waals surface area (Å²) in [7, 11) is 1.46. The first-order valence-electron chi connectivity index (χ1n) is 4.18. The molecule has 0 aromatic heterocycles. The first-order valence-corrected chi connectivity index (χ1v) is 4.56. The minimum absolute atomic E-state index is 0.497. The highest BCUT2D eigenvalue weighted by molar-refractivity contribution is 6.64. The van der Waals surface area contributed by atoms with Gasteiger partial charge in [-0.3, -0.25) is 4.79 Å². The van der Waals surface area contributed by atoms with Crippen molar-refractivity contribution in [3.8, 4) is 0 Å². The lowest BCUT2D eigenvalue weighted by atomic mass is 10.1. The monoisotopic (exact) mass is 254 g/mol. The van der Waals surface area contributed by atoms with Gasteiger partial charge in [0.25, 0.3) is 5.24 Å². The quantitative estimate of drug-likeness (QED) is 0.774. The molecule has 1 rings (SSSR count). The van der Waals surface area contributed by atoms with Gasteiger partial charge in [0.2, 0.25) is 0 Å². The van der Waals surface area contributed by atoms with Crippen molar-refractivity contribution in [1.82, 2.24) is 0 Å². The van der Waals surface area contributed by atoms with Gasteiger partial charge in [-0.2, -0.15) is 13.2 Å². The Hall–Kier alpha value is -1.07. The molecule has 0 saturated carbocycles. The number of halogens is 4. The van der Waals surface area contributed by atoms with Gasteiger partial charge in [-0.15, -0.1) is 0 Å². The standard InChI is InChI=1S/C9H9ClO2.CHF3/c1-12-8(9(10)11)7-5-3-2-4-6-7;2-1(3)4/h2-6,8H,1H3;1H. The van der Waals surface area contributed by atoms with Crippen LogP contribution in [0, 0.1) is 0 Å². The number of ether oxygens (including phenoxy) is 1. The Labute approximate surface area is 96.0 Å². The van der Waals surface area contributed by atoms with Gasteiger partial charge in [-0.1, -0.05) is 30.3 Å². The fourth-order valence-electron chi connectivity index (χ4n) is 0.988. The predicted octanol–water partition coefficient (Wildman–Crippen LogP) is 3.32. The van der Waals surface area contributed by atoms with Crippen LogP contribution in [0.25, 0.3) is 0 Å². The second kappa shape index (κ2) is 8.13. The van der Waals surface area contributed by atoms with Crippen LogP contribution in [-0.2, 0) is 9.53 Å². The molecule has 1 unspecified atom stereocenters. The highest BCUT2D eigenvalue weighted by atomic mass is 35.5. The summed E-state index contributed by atoms with van der Waals surface area (Å²) in [5.41, 5.74) is 0.778. The lowest BCUT2D eigenvalue weighted by Gasteiger charge is -2.09. The van der Waals surface area contributed by atoms with E-state index in [1.165, 1.54) is 7.11 Å². The lowest BCUT2D eigenvalue weighted by Crippen LogP contribution is -2.08. The van der Waals surface area contributed by atoms with Crippen LogP contribution in [0.1, 0.15) is 11.7 Å². The van der Waals surface area contributed by atoms with Crippen LogP contribution < -0.4 is 0 Å². The summed E-state index contributed by atoms with van der Waals surface area (Å²) in [6.07, 6.45) is -0.645. The van der Waals surface area contributed by atoms with Crippen LogP contribution in [0.3, 0.4) is 0 Å². The van der Waals surface area contributed by atoms with Gasteiger partial charge in [0, 0.05) is 7.11 Å². The lowest BCUT2D eigenvalue weighted by molar-refractivity contribution is -0.121. The van der Waals surface area contributed by atoms with E-state index in [1.807, 2.05) is 18.2 Å². The zero-order chi connectivity index (χ0) is 12.6. The largest absolute Gasteiger partial charge is 0.379 e. The molecular weight excluding hydrogens is 245 g/mol. The Morgan fingerprint density at radius 2 is 1.69 bits per heavy atom. The average Bonchev–Trinajstić information content (AvgIpc) is 2.19. The smallest absolute Gasteiger partial charge is 0.368 e. The maximum atomic E-state index is 10.8. The van der Waals surface area contributed by atoms with Crippen LogP contribution >= 0.6 is 11.6 Å². The SMILES string of the molecule is COC(C(=O)Cl)c1ccccc1.FC(F)F. The van der Waals surface area contributed by atoms with Crippen molar-refractivity contribution in [2.75, 3.05) is 7.11 Å². The summed E-state index contributed by atoms with van der Waals surface area (Å²) < 4.78 is 33.9. The summed E-state index contributed by atoms with van der Waals surface area (Å²) in [5.74, 6) is 0. The summed E-state index contributed by atoms with van der Waals surface area (Å²) in [4.78, 5) is 10.8. The molecule has 1 atom stereocenters. The Balaban J connectivity index is 0.000000487. The van der Waals surface area contributed by atoms with Gasteiger partial charge in [0.1, 0.15) is 0 Å². The number of methoxy groups -OCH3 is 1. The van der Waals surface area contributed by atoms with E-state index in [-0.39, 0.29) is 0 Å². The molecule has 0 aliphatic carbocycles. The van der Waals surface area contributed by atoms with E-state index in [4.69, 9.17) is 16.3 Å². The van der Waals surface area contributed by atoms with E-state index in [2.05, 4.69) is 0 Å². The van der Waals surface area contributed by atoms with Crippen molar-refractivity contribution in [1.29, 1.82) is 0 Å². The van der Waals surface area contributed by atoms with Gasteiger partial charge < -0.3 is 4.74 Å². The van der Waals surface area contributed by atoms with E-state index in [1.54, 1.807) is 12.1 Å². The van der Waals surface area contributed by atoms with Gasteiger partial charge in [0.15, 0.2) is 6.10 Å². The molecule has 0 N–H and O–H groups in total. The van der Waals surface area contributed by atoms with Crippen LogP contribution in [0.2, 0.25) is 0 Å². The molecule has 0 aliphatic heterocycles. The number of hydrogen-bond donors (Lipinski definition) is 0. The zero-order valence-electron chi connectivity index (χ0n) is 8.37. The molecule has 0 amide bonds. The van der Waals surface area contributed by atoms with Gasteiger partial charge in [0.05, 0.1) is 0 Å². The minimum atomic E-state index is -3.67. The van der Waals surface area contributed by atoms with E-state index in [9.17, 15) is 18.0 Å². The molecule has 0 radical (unpaired) electrons. The molecule has 0 spiro atoms. The van der Waals surface area contributed by atoms with Crippen molar-refractivity contribution in [3.05, 3.63) is 35.9 Å². The van der Waals surface area contributed by atoms with E-state index >= 15 is 0 Å². The Bertz CT molecular complexity index is 303. The number of carbonyl (C=O) groups is 1. The molecule has 0 saturated heterocycles. The second-order valence-corrected chi connectivity index (χ2v) is 2.95. The zero-order valence-corrected chi connectivity index (χ0v) is 9.13. The van der Waals surface area contributed by atoms with Crippen molar-refractivity contribution in [2.45, 2.75) is 12.8 Å². The molecule has 1 aromatic carbocycles. The number of benzene rings is 1. The van der Waals surface area contributed by atoms with Crippen molar-refractivity contribution < 1.29 is 22.7 Å². The van der Waals surface area contributed by atoms with Gasteiger partial charge in [-0.25, -0.2) is 0 Å². The molecule has 0 fully saturated rings. The van der Waals surface area contributed by atoms with Crippen molar-refractivity contribution in [2.24, 2.45) is 0 Å². The van der Waals surface area contributed by atoms with Crippen LogP contribution in [0.4, 0.5) is 13.2 Å². The van der Waals surface area contributed by atoms with E-state index < -0.39 is 18.0 Å². The molecule has 0 heterocycles. The number of rotatable bonds is 3. The number of hydrogen-bond acceptors (Lipinski definition) is 2. The highest BCUT2D eigenvalue weighted by Gasteiger charge is 2.16. The topological polar surface area (TPSA) is 26.3 Å². The second-order valence-electron chi connectivity index (χ2n) is 2.58. The number of carbonyl (C=O) groups excluding carboxylic acids is 1. The fraction of sp³-hybridized carbons (Fsp3) is 0.300. The van der Waals surface area contributed by atoms with E-state index in [0.29, 0.717) is 0 Å². The Kier molecular flexibility index (Phi) is 7.58. The van der Waals surface area contributed by atoms with Crippen LogP contribution in [-0.4, -0.2) is 19.0 Å². The molecule has 6 heteroatoms. The maximum Gasteiger partial charge on any atom is 0.379 e. The molecule has 0 aliphatic rings. The molecule has 1 aromatic rings. The third-order valence-electron chi connectivity index (χ3n) is 1.54. The Morgan fingerprint density at radius 3 is 2.00 bits per heavy atom. The number of alkyl halides is 3. The fourth-order valence-corrected chi connectivity index (χ4v) is 1.20.